The molecule has 2 saturated heterocycles. The summed E-state index contributed by atoms with van der Waals surface area (Å²) < 4.78 is 28.1. The predicted octanol–water partition coefficient (Wildman–Crippen LogP) is 0.523. The van der Waals surface area contributed by atoms with Crippen molar-refractivity contribution in [1.82, 2.24) is 9.80 Å². The number of nitrogens with two attached hydrogens (primary N) is 1. The SMILES string of the molecule is CC(C)(C)OC(=O)N1CCC(CN2CC(S(N)(=O)=O)CC2=O)CC1. The molecule has 8 nitrogen and oxygen atoms in total. The van der Waals surface area contributed by atoms with E-state index in [1.165, 1.54) is 0 Å². The Morgan fingerprint density at radius 2 is 1.88 bits per heavy atom. The van der Waals surface area contributed by atoms with E-state index in [2.05, 4.69) is 0 Å². The van der Waals surface area contributed by atoms with Crippen molar-refractivity contribution in [3.8, 4) is 0 Å². The Morgan fingerprint density at radius 1 is 1.29 bits per heavy atom. The Labute approximate surface area is 143 Å². The number of amides is 2. The van der Waals surface area contributed by atoms with Crippen molar-refractivity contribution in [3.63, 3.8) is 0 Å². The number of carbonyl (C=O) groups is 2. The standard InChI is InChI=1S/C15H27N3O5S/c1-15(2,3)23-14(20)17-6-4-11(5-7-17)9-18-10-12(8-13(18)19)24(16,21)22/h11-12H,4-10H2,1-3H3,(H2,16,21,22). The highest BCUT2D eigenvalue weighted by atomic mass is 32.2. The quantitative estimate of drug-likeness (QED) is 0.788. The van der Waals surface area contributed by atoms with Gasteiger partial charge in [-0.1, -0.05) is 0 Å². The Kier molecular flexibility index (Phi) is 5.44. The lowest BCUT2D eigenvalue weighted by molar-refractivity contribution is -0.128. The van der Waals surface area contributed by atoms with Crippen LogP contribution in [0.25, 0.3) is 0 Å². The van der Waals surface area contributed by atoms with Gasteiger partial charge in [0.1, 0.15) is 10.9 Å². The molecule has 1 atom stereocenters. The summed E-state index contributed by atoms with van der Waals surface area (Å²) in [5.74, 6) is 0.0930. The van der Waals surface area contributed by atoms with Gasteiger partial charge in [0, 0.05) is 32.6 Å². The third-order valence-electron chi connectivity index (χ3n) is 4.39. The Bertz CT molecular complexity index is 591. The summed E-state index contributed by atoms with van der Waals surface area (Å²) in [7, 11) is -3.68. The number of primary sulfonamides is 1. The lowest BCUT2D eigenvalue weighted by Crippen LogP contribution is -2.44. The Balaban J connectivity index is 1.81. The van der Waals surface area contributed by atoms with Crippen LogP contribution in [0.1, 0.15) is 40.0 Å². The molecule has 2 N–H and O–H groups in total. The maximum atomic E-state index is 12.0. The Morgan fingerprint density at radius 3 is 2.33 bits per heavy atom. The molecule has 0 aromatic heterocycles. The zero-order valence-electron chi connectivity index (χ0n) is 14.5. The smallest absolute Gasteiger partial charge is 0.410 e. The molecule has 2 aliphatic rings. The van der Waals surface area contributed by atoms with Gasteiger partial charge >= 0.3 is 6.09 Å². The maximum Gasteiger partial charge on any atom is 0.410 e. The van der Waals surface area contributed by atoms with Crippen molar-refractivity contribution in [2.45, 2.75) is 50.9 Å². The third-order valence-corrected chi connectivity index (χ3v) is 5.63. The average molecular weight is 361 g/mol. The van der Waals surface area contributed by atoms with Gasteiger partial charge in [0.15, 0.2) is 0 Å². The number of sulfonamides is 1. The third kappa shape index (κ3) is 5.07. The van der Waals surface area contributed by atoms with Gasteiger partial charge in [-0.3, -0.25) is 4.79 Å². The molecule has 1 unspecified atom stereocenters. The molecule has 0 spiro atoms. The van der Waals surface area contributed by atoms with Gasteiger partial charge in [0.05, 0.1) is 0 Å². The van der Waals surface area contributed by atoms with E-state index in [0.29, 0.717) is 19.6 Å². The first-order valence-corrected chi connectivity index (χ1v) is 9.84. The largest absolute Gasteiger partial charge is 0.444 e. The molecule has 0 aliphatic carbocycles. The van der Waals surface area contributed by atoms with Crippen LogP contribution in [-0.4, -0.2) is 67.2 Å². The number of ether oxygens (including phenoxy) is 1. The molecule has 0 bridgehead atoms. The normalized spacial score (nSPS) is 23.7. The van der Waals surface area contributed by atoms with Crippen LogP contribution in [0.2, 0.25) is 0 Å². The van der Waals surface area contributed by atoms with Crippen LogP contribution in [0, 0.1) is 5.92 Å². The van der Waals surface area contributed by atoms with E-state index in [9.17, 15) is 18.0 Å². The predicted molar refractivity (Wildman–Crippen MR) is 88.6 cm³/mol. The second-order valence-electron chi connectivity index (χ2n) is 7.62. The van der Waals surface area contributed by atoms with Gasteiger partial charge in [0.25, 0.3) is 0 Å². The van der Waals surface area contributed by atoms with Gasteiger partial charge in [-0.15, -0.1) is 0 Å². The van der Waals surface area contributed by atoms with E-state index in [1.54, 1.807) is 9.80 Å². The van der Waals surface area contributed by atoms with Gasteiger partial charge in [-0.25, -0.2) is 18.4 Å². The van der Waals surface area contributed by atoms with Crippen LogP contribution in [0.3, 0.4) is 0 Å². The molecule has 0 aromatic rings. The number of rotatable bonds is 3. The van der Waals surface area contributed by atoms with Crippen LogP contribution < -0.4 is 5.14 Å². The van der Waals surface area contributed by atoms with E-state index >= 15 is 0 Å². The summed E-state index contributed by atoms with van der Waals surface area (Å²) in [5.41, 5.74) is -0.515. The fraction of sp³-hybridized carbons (Fsp3) is 0.867. The van der Waals surface area contributed by atoms with Gasteiger partial charge < -0.3 is 14.5 Å². The number of hydrogen-bond acceptors (Lipinski definition) is 5. The van der Waals surface area contributed by atoms with Crippen molar-refractivity contribution < 1.29 is 22.7 Å². The zero-order valence-corrected chi connectivity index (χ0v) is 15.3. The fourth-order valence-corrected chi connectivity index (χ4v) is 3.83. The first-order valence-electron chi connectivity index (χ1n) is 8.23. The second-order valence-corrected chi connectivity index (χ2v) is 9.47. The van der Waals surface area contributed by atoms with Crippen LogP contribution in [0.5, 0.6) is 0 Å². The summed E-state index contributed by atoms with van der Waals surface area (Å²) in [4.78, 5) is 27.3. The highest BCUT2D eigenvalue weighted by Gasteiger charge is 2.38. The van der Waals surface area contributed by atoms with Crippen molar-refractivity contribution in [2.24, 2.45) is 11.1 Å². The average Bonchev–Trinajstić information content (AvgIpc) is 2.79. The highest BCUT2D eigenvalue weighted by Crippen LogP contribution is 2.24. The molecule has 0 radical (unpaired) electrons. The van der Waals surface area contributed by atoms with Crippen LogP contribution in [-0.2, 0) is 19.6 Å². The van der Waals surface area contributed by atoms with E-state index in [-0.39, 0.29) is 30.9 Å². The fourth-order valence-electron chi connectivity index (χ4n) is 3.07. The molecule has 2 aliphatic heterocycles. The molecule has 2 rings (SSSR count). The minimum Gasteiger partial charge on any atom is -0.444 e. The van der Waals surface area contributed by atoms with E-state index < -0.39 is 20.9 Å². The van der Waals surface area contributed by atoms with E-state index in [1.807, 2.05) is 20.8 Å². The van der Waals surface area contributed by atoms with Crippen LogP contribution >= 0.6 is 0 Å². The Hall–Kier alpha value is -1.35. The monoisotopic (exact) mass is 361 g/mol. The molecule has 2 fully saturated rings. The summed E-state index contributed by atoms with van der Waals surface area (Å²) in [5, 5.41) is 4.34. The molecule has 2 heterocycles. The van der Waals surface area contributed by atoms with Gasteiger partial charge in [0.2, 0.25) is 15.9 Å². The minimum absolute atomic E-state index is 0.0322. The van der Waals surface area contributed by atoms with Crippen molar-refractivity contribution in [3.05, 3.63) is 0 Å². The zero-order chi connectivity index (χ0) is 18.1. The lowest BCUT2D eigenvalue weighted by Gasteiger charge is -2.34. The molecule has 0 aromatic carbocycles. The van der Waals surface area contributed by atoms with Crippen LogP contribution in [0.4, 0.5) is 4.79 Å². The van der Waals surface area contributed by atoms with Crippen molar-refractivity contribution in [1.29, 1.82) is 0 Å². The van der Waals surface area contributed by atoms with E-state index in [0.717, 1.165) is 12.8 Å². The molecule has 24 heavy (non-hydrogen) atoms. The first-order chi connectivity index (χ1) is 11.0. The maximum absolute atomic E-state index is 12.0. The number of nitrogens with zero attached hydrogens (tertiary/aromatic N) is 2. The lowest BCUT2D eigenvalue weighted by atomic mass is 9.96. The number of carbonyl (C=O) groups excluding carboxylic acids is 2. The van der Waals surface area contributed by atoms with Crippen LogP contribution in [0.15, 0.2) is 0 Å². The number of likely N-dealkylation sites (tertiary alicyclic amines) is 2. The van der Waals surface area contributed by atoms with Gasteiger partial charge in [-0.2, -0.15) is 0 Å². The molecular formula is C15H27N3O5S. The molecule has 138 valence electrons. The second kappa shape index (κ2) is 6.87. The van der Waals surface area contributed by atoms with E-state index in [4.69, 9.17) is 9.88 Å². The summed E-state index contributed by atoms with van der Waals surface area (Å²) >= 11 is 0. The minimum atomic E-state index is -3.68. The number of piperidine rings is 1. The molecular weight excluding hydrogens is 334 g/mol. The highest BCUT2D eigenvalue weighted by molar-refractivity contribution is 7.89. The molecule has 9 heteroatoms. The number of hydrogen-bond donors (Lipinski definition) is 1. The summed E-state index contributed by atoms with van der Waals surface area (Å²) in [6, 6.07) is 0. The van der Waals surface area contributed by atoms with Crippen molar-refractivity contribution >= 4 is 22.0 Å². The molecule has 0 saturated carbocycles. The molecule has 2 amide bonds. The topological polar surface area (TPSA) is 110 Å². The first kappa shape index (κ1) is 19.0. The van der Waals surface area contributed by atoms with Crippen molar-refractivity contribution in [2.75, 3.05) is 26.2 Å². The summed E-state index contributed by atoms with van der Waals surface area (Å²) in [6.45, 7) is 7.35. The van der Waals surface area contributed by atoms with Gasteiger partial charge in [-0.05, 0) is 39.5 Å². The summed E-state index contributed by atoms with van der Waals surface area (Å²) in [6.07, 6.45) is 1.19.